The number of hydrogen-bond donors (Lipinski definition) is 1. The van der Waals surface area contributed by atoms with Crippen molar-refractivity contribution in [1.29, 1.82) is 0 Å². The van der Waals surface area contributed by atoms with E-state index in [4.69, 9.17) is 0 Å². The fourth-order valence-corrected chi connectivity index (χ4v) is 3.25. The highest BCUT2D eigenvalue weighted by molar-refractivity contribution is 5.52. The molecule has 3 heterocycles. The molecule has 26 heavy (non-hydrogen) atoms. The van der Waals surface area contributed by atoms with Crippen LogP contribution in [-0.2, 0) is 19.5 Å². The summed E-state index contributed by atoms with van der Waals surface area (Å²) >= 11 is 0. The molecule has 0 atom stereocenters. The Hall–Kier alpha value is -2.93. The summed E-state index contributed by atoms with van der Waals surface area (Å²) in [5.74, 6) is 0.277. The summed E-state index contributed by atoms with van der Waals surface area (Å²) in [4.78, 5) is 30.0. The van der Waals surface area contributed by atoms with E-state index < -0.39 is 0 Å². The van der Waals surface area contributed by atoms with Crippen LogP contribution in [0.2, 0.25) is 0 Å². The van der Waals surface area contributed by atoms with E-state index in [0.29, 0.717) is 36.5 Å². The van der Waals surface area contributed by atoms with Crippen LogP contribution in [0.5, 0.6) is 0 Å². The lowest BCUT2D eigenvalue weighted by molar-refractivity contribution is 0.240. The van der Waals surface area contributed by atoms with E-state index in [9.17, 15) is 9.18 Å². The molecule has 7 heteroatoms. The molecule has 1 aliphatic rings. The van der Waals surface area contributed by atoms with Gasteiger partial charge in [-0.2, -0.15) is 0 Å². The molecule has 0 aliphatic carbocycles. The molecule has 6 nitrogen and oxygen atoms in total. The second-order valence-electron chi connectivity index (χ2n) is 6.45. The molecule has 132 valence electrons. The van der Waals surface area contributed by atoms with E-state index in [1.807, 2.05) is 6.07 Å². The van der Waals surface area contributed by atoms with Gasteiger partial charge < -0.3 is 4.98 Å². The van der Waals surface area contributed by atoms with E-state index in [0.717, 1.165) is 23.4 Å². The monoisotopic (exact) mass is 351 g/mol. The SMILES string of the molecule is Cc1c(F)cccc1CN1CCc2c(nc(-c3cncnc3)[nH]c2=O)C1. The zero-order valence-corrected chi connectivity index (χ0v) is 14.4. The van der Waals surface area contributed by atoms with Crippen LogP contribution >= 0.6 is 0 Å². The van der Waals surface area contributed by atoms with Crippen molar-refractivity contribution >= 4 is 0 Å². The van der Waals surface area contributed by atoms with Crippen LogP contribution in [-0.4, -0.2) is 31.4 Å². The molecule has 0 saturated carbocycles. The Bertz CT molecular complexity index is 1000. The van der Waals surface area contributed by atoms with Crippen molar-refractivity contribution in [2.45, 2.75) is 26.4 Å². The van der Waals surface area contributed by atoms with Crippen molar-refractivity contribution in [1.82, 2.24) is 24.8 Å². The molecule has 0 saturated heterocycles. The first-order valence-electron chi connectivity index (χ1n) is 8.45. The van der Waals surface area contributed by atoms with Crippen LogP contribution in [0.1, 0.15) is 22.4 Å². The third-order valence-corrected chi connectivity index (χ3v) is 4.76. The number of benzene rings is 1. The Kier molecular flexibility index (Phi) is 4.30. The van der Waals surface area contributed by atoms with Crippen molar-refractivity contribution in [3.05, 3.63) is 75.5 Å². The highest BCUT2D eigenvalue weighted by Gasteiger charge is 2.22. The van der Waals surface area contributed by atoms with E-state index >= 15 is 0 Å². The molecule has 4 rings (SSSR count). The first-order valence-corrected chi connectivity index (χ1v) is 8.45. The lowest BCUT2D eigenvalue weighted by atomic mass is 10.0. The number of rotatable bonds is 3. The van der Waals surface area contributed by atoms with Crippen molar-refractivity contribution in [3.63, 3.8) is 0 Å². The van der Waals surface area contributed by atoms with Gasteiger partial charge in [-0.05, 0) is 30.5 Å². The largest absolute Gasteiger partial charge is 0.306 e. The lowest BCUT2D eigenvalue weighted by Gasteiger charge is -2.28. The van der Waals surface area contributed by atoms with Gasteiger partial charge >= 0.3 is 0 Å². The maximum atomic E-state index is 13.8. The van der Waals surface area contributed by atoms with E-state index in [1.165, 1.54) is 12.4 Å². The van der Waals surface area contributed by atoms with E-state index in [1.54, 1.807) is 25.4 Å². The number of fused-ring (bicyclic) bond motifs is 1. The second-order valence-corrected chi connectivity index (χ2v) is 6.45. The molecule has 0 fully saturated rings. The van der Waals surface area contributed by atoms with Gasteiger partial charge in [0, 0.05) is 37.6 Å². The minimum Gasteiger partial charge on any atom is -0.306 e. The van der Waals surface area contributed by atoms with Gasteiger partial charge in [0.15, 0.2) is 0 Å². The van der Waals surface area contributed by atoms with E-state index in [-0.39, 0.29) is 11.4 Å². The number of nitrogens with one attached hydrogen (secondary N) is 1. The summed E-state index contributed by atoms with van der Waals surface area (Å²) < 4.78 is 13.8. The summed E-state index contributed by atoms with van der Waals surface area (Å²) in [6.07, 6.45) is 5.30. The van der Waals surface area contributed by atoms with Gasteiger partial charge in [0.25, 0.3) is 5.56 Å². The van der Waals surface area contributed by atoms with Crippen LogP contribution in [0, 0.1) is 12.7 Å². The number of halogens is 1. The highest BCUT2D eigenvalue weighted by Crippen LogP contribution is 2.21. The number of nitrogens with zero attached hydrogens (tertiary/aromatic N) is 4. The maximum absolute atomic E-state index is 13.8. The lowest BCUT2D eigenvalue weighted by Crippen LogP contribution is -2.35. The quantitative estimate of drug-likeness (QED) is 0.783. The van der Waals surface area contributed by atoms with Crippen LogP contribution in [0.3, 0.4) is 0 Å². The van der Waals surface area contributed by atoms with Gasteiger partial charge in [0.1, 0.15) is 18.0 Å². The van der Waals surface area contributed by atoms with Gasteiger partial charge in [0.2, 0.25) is 0 Å². The number of H-pyrrole nitrogens is 1. The van der Waals surface area contributed by atoms with Gasteiger partial charge in [-0.25, -0.2) is 19.3 Å². The summed E-state index contributed by atoms with van der Waals surface area (Å²) in [6.45, 7) is 3.71. The smallest absolute Gasteiger partial charge is 0.254 e. The van der Waals surface area contributed by atoms with Crippen LogP contribution in [0.25, 0.3) is 11.4 Å². The number of aromatic amines is 1. The zero-order valence-electron chi connectivity index (χ0n) is 14.4. The molecule has 0 radical (unpaired) electrons. The minimum atomic E-state index is -0.194. The Morgan fingerprint density at radius 2 is 2.08 bits per heavy atom. The molecule has 1 N–H and O–H groups in total. The second kappa shape index (κ2) is 6.76. The summed E-state index contributed by atoms with van der Waals surface area (Å²) in [5.41, 5.74) is 3.65. The average Bonchev–Trinajstić information content (AvgIpc) is 2.66. The first-order chi connectivity index (χ1) is 12.6. The third-order valence-electron chi connectivity index (χ3n) is 4.76. The molecular formula is C19H18FN5O. The predicted molar refractivity (Wildman–Crippen MR) is 94.8 cm³/mol. The fraction of sp³-hybridized carbons (Fsp3) is 0.263. The summed E-state index contributed by atoms with van der Waals surface area (Å²) in [7, 11) is 0. The molecule has 2 aromatic heterocycles. The van der Waals surface area contributed by atoms with Crippen molar-refractivity contribution in [2.24, 2.45) is 0 Å². The zero-order chi connectivity index (χ0) is 18.1. The third kappa shape index (κ3) is 3.13. The molecule has 0 spiro atoms. The van der Waals surface area contributed by atoms with Crippen molar-refractivity contribution in [3.8, 4) is 11.4 Å². The number of aromatic nitrogens is 4. The molecule has 3 aromatic rings. The van der Waals surface area contributed by atoms with Crippen molar-refractivity contribution < 1.29 is 4.39 Å². The molecule has 0 unspecified atom stereocenters. The van der Waals surface area contributed by atoms with Gasteiger partial charge in [0.05, 0.1) is 11.3 Å². The molecule has 0 bridgehead atoms. The molecular weight excluding hydrogens is 333 g/mol. The standard InChI is InChI=1S/C19H18FN5O/c1-12-13(3-2-4-16(12)20)9-25-6-5-15-17(10-25)23-18(24-19(15)26)14-7-21-11-22-8-14/h2-4,7-8,11H,5-6,9-10H2,1H3,(H,23,24,26). The Balaban J connectivity index is 1.63. The number of hydrogen-bond acceptors (Lipinski definition) is 5. The average molecular weight is 351 g/mol. The molecule has 0 amide bonds. The van der Waals surface area contributed by atoms with E-state index in [2.05, 4.69) is 24.8 Å². The first kappa shape index (κ1) is 16.5. The predicted octanol–water partition coefficient (Wildman–Crippen LogP) is 2.23. The van der Waals surface area contributed by atoms with Crippen molar-refractivity contribution in [2.75, 3.05) is 6.54 Å². The molecule has 1 aliphatic heterocycles. The Morgan fingerprint density at radius 1 is 1.27 bits per heavy atom. The van der Waals surface area contributed by atoms with Crippen LogP contribution in [0.15, 0.2) is 41.7 Å². The topological polar surface area (TPSA) is 74.8 Å². The van der Waals surface area contributed by atoms with Gasteiger partial charge in [-0.1, -0.05) is 12.1 Å². The summed E-state index contributed by atoms with van der Waals surface area (Å²) in [5, 5.41) is 0. The molecule has 1 aromatic carbocycles. The minimum absolute atomic E-state index is 0.115. The van der Waals surface area contributed by atoms with Crippen LogP contribution in [0.4, 0.5) is 4.39 Å². The van der Waals surface area contributed by atoms with Gasteiger partial charge in [-0.15, -0.1) is 0 Å². The Labute approximate surface area is 149 Å². The fourth-order valence-electron chi connectivity index (χ4n) is 3.25. The highest BCUT2D eigenvalue weighted by atomic mass is 19.1. The Morgan fingerprint density at radius 3 is 2.88 bits per heavy atom. The summed E-state index contributed by atoms with van der Waals surface area (Å²) in [6, 6.07) is 5.14. The maximum Gasteiger partial charge on any atom is 0.254 e. The van der Waals surface area contributed by atoms with Crippen LogP contribution < -0.4 is 5.56 Å². The normalized spacial score (nSPS) is 14.2. The van der Waals surface area contributed by atoms with Gasteiger partial charge in [-0.3, -0.25) is 9.69 Å².